The van der Waals surface area contributed by atoms with E-state index in [2.05, 4.69) is 9.98 Å². The van der Waals surface area contributed by atoms with Gasteiger partial charge in [0.1, 0.15) is 11.5 Å². The summed E-state index contributed by atoms with van der Waals surface area (Å²) in [5.41, 5.74) is 0.609. The zero-order chi connectivity index (χ0) is 14.8. The Balaban J connectivity index is 1.98. The van der Waals surface area contributed by atoms with Crippen LogP contribution in [0.1, 0.15) is 11.3 Å². The number of halogens is 2. The Bertz CT molecular complexity index is 787. The zero-order valence-electron chi connectivity index (χ0n) is 10.6. The maximum atomic E-state index is 13.6. The molecule has 0 saturated heterocycles. The monoisotopic (exact) mass is 302 g/mol. The first-order chi connectivity index (χ1) is 10.1. The Morgan fingerprint density at radius 2 is 2.05 bits per heavy atom. The molecule has 0 unspecified atom stereocenters. The summed E-state index contributed by atoms with van der Waals surface area (Å²) in [5, 5.41) is 0.449. The average Bonchev–Trinajstić information content (AvgIpc) is 2.83. The van der Waals surface area contributed by atoms with Crippen molar-refractivity contribution in [2.45, 2.75) is 0 Å². The molecule has 1 aromatic carbocycles. The largest absolute Gasteiger partial charge is 0.400 e. The van der Waals surface area contributed by atoms with E-state index in [0.717, 1.165) is 0 Å². The molecule has 0 amide bonds. The van der Waals surface area contributed by atoms with E-state index < -0.39 is 11.8 Å². The summed E-state index contributed by atoms with van der Waals surface area (Å²) in [6.07, 6.45) is 2.81. The number of hydrogen-bond donors (Lipinski definition) is 0. The first-order valence-electron chi connectivity index (χ1n) is 6.02. The SMILES string of the molecule is O=C1OC(c2cc(Cl)ccn2)=N/C1=C\c1ccccc1F. The Hall–Kier alpha value is -2.53. The molecule has 0 bridgehead atoms. The molecule has 0 N–H and O–H groups in total. The van der Waals surface area contributed by atoms with Gasteiger partial charge in [-0.25, -0.2) is 14.2 Å². The van der Waals surface area contributed by atoms with Crippen LogP contribution in [-0.2, 0) is 9.53 Å². The normalized spacial score (nSPS) is 16.0. The number of cyclic esters (lactones) is 1. The molecule has 0 radical (unpaired) electrons. The molecule has 2 aromatic rings. The summed E-state index contributed by atoms with van der Waals surface area (Å²) in [6, 6.07) is 9.20. The highest BCUT2D eigenvalue weighted by Gasteiger charge is 2.25. The number of hydrogen-bond acceptors (Lipinski definition) is 4. The minimum absolute atomic E-state index is 0.0110. The highest BCUT2D eigenvalue weighted by Crippen LogP contribution is 2.20. The maximum Gasteiger partial charge on any atom is 0.363 e. The van der Waals surface area contributed by atoms with Crippen LogP contribution in [0.25, 0.3) is 6.08 Å². The fourth-order valence-electron chi connectivity index (χ4n) is 1.78. The van der Waals surface area contributed by atoms with Gasteiger partial charge >= 0.3 is 5.97 Å². The number of benzene rings is 1. The topological polar surface area (TPSA) is 51.5 Å². The number of nitrogens with zero attached hydrogens (tertiary/aromatic N) is 2. The minimum Gasteiger partial charge on any atom is -0.400 e. The molecule has 1 aliphatic rings. The smallest absolute Gasteiger partial charge is 0.363 e. The zero-order valence-corrected chi connectivity index (χ0v) is 11.3. The molecule has 0 atom stereocenters. The van der Waals surface area contributed by atoms with Gasteiger partial charge in [0.2, 0.25) is 5.90 Å². The molecule has 104 valence electrons. The van der Waals surface area contributed by atoms with Crippen LogP contribution in [0, 0.1) is 5.82 Å². The molecule has 6 heteroatoms. The molecule has 2 heterocycles. The predicted molar refractivity (Wildman–Crippen MR) is 76.3 cm³/mol. The fraction of sp³-hybridized carbons (Fsp3) is 0. The Labute approximate surface area is 124 Å². The third kappa shape index (κ3) is 2.83. The van der Waals surface area contributed by atoms with E-state index in [9.17, 15) is 9.18 Å². The minimum atomic E-state index is -0.657. The lowest BCUT2D eigenvalue weighted by atomic mass is 10.2. The van der Waals surface area contributed by atoms with Crippen LogP contribution in [0.15, 0.2) is 53.3 Å². The lowest BCUT2D eigenvalue weighted by molar-refractivity contribution is -0.129. The standard InChI is InChI=1S/C15H8ClFN2O2/c16-10-5-6-18-12(8-10)14-19-13(15(20)21-14)7-9-3-1-2-4-11(9)17/h1-8H/b13-7-. The number of carbonyl (C=O) groups is 1. The van der Waals surface area contributed by atoms with E-state index in [-0.39, 0.29) is 17.2 Å². The van der Waals surface area contributed by atoms with Gasteiger partial charge in [0, 0.05) is 16.8 Å². The van der Waals surface area contributed by atoms with Gasteiger partial charge in [0.15, 0.2) is 5.70 Å². The van der Waals surface area contributed by atoms with Gasteiger partial charge < -0.3 is 4.74 Å². The number of aliphatic imine (C=N–C) groups is 1. The molecular formula is C15H8ClFN2O2. The van der Waals surface area contributed by atoms with E-state index in [0.29, 0.717) is 10.7 Å². The molecule has 0 saturated carbocycles. The quantitative estimate of drug-likeness (QED) is 0.632. The highest BCUT2D eigenvalue weighted by atomic mass is 35.5. The third-order valence-electron chi connectivity index (χ3n) is 2.76. The summed E-state index contributed by atoms with van der Waals surface area (Å²) < 4.78 is 18.6. The van der Waals surface area contributed by atoms with Crippen molar-refractivity contribution >= 4 is 29.5 Å². The van der Waals surface area contributed by atoms with Crippen molar-refractivity contribution < 1.29 is 13.9 Å². The van der Waals surface area contributed by atoms with E-state index >= 15 is 0 Å². The summed E-state index contributed by atoms with van der Waals surface area (Å²) >= 11 is 5.85. The summed E-state index contributed by atoms with van der Waals surface area (Å²) in [7, 11) is 0. The molecule has 3 rings (SSSR count). The van der Waals surface area contributed by atoms with E-state index in [1.165, 1.54) is 24.4 Å². The van der Waals surface area contributed by atoms with Crippen molar-refractivity contribution in [3.05, 3.63) is 70.4 Å². The van der Waals surface area contributed by atoms with Crippen LogP contribution in [0.3, 0.4) is 0 Å². The highest BCUT2D eigenvalue weighted by molar-refractivity contribution is 6.31. The molecule has 4 nitrogen and oxygen atoms in total. The first kappa shape index (κ1) is 13.5. The van der Waals surface area contributed by atoms with Gasteiger partial charge in [-0.15, -0.1) is 0 Å². The first-order valence-corrected chi connectivity index (χ1v) is 6.40. The van der Waals surface area contributed by atoms with Crippen molar-refractivity contribution in [3.63, 3.8) is 0 Å². The summed E-state index contributed by atoms with van der Waals surface area (Å²) in [4.78, 5) is 19.8. The van der Waals surface area contributed by atoms with Crippen LogP contribution in [0.5, 0.6) is 0 Å². The van der Waals surface area contributed by atoms with Gasteiger partial charge in [-0.3, -0.25) is 4.98 Å². The van der Waals surface area contributed by atoms with Gasteiger partial charge in [-0.2, -0.15) is 0 Å². The molecule has 0 aliphatic carbocycles. The second-order valence-electron chi connectivity index (χ2n) is 4.22. The van der Waals surface area contributed by atoms with Crippen LogP contribution in [0.2, 0.25) is 5.02 Å². The number of pyridine rings is 1. The van der Waals surface area contributed by atoms with Crippen molar-refractivity contribution in [1.82, 2.24) is 4.98 Å². The van der Waals surface area contributed by atoms with Gasteiger partial charge in [-0.05, 0) is 24.3 Å². The van der Waals surface area contributed by atoms with Gasteiger partial charge in [0.25, 0.3) is 0 Å². The summed E-state index contributed by atoms with van der Waals surface area (Å²) in [5.74, 6) is -1.05. The number of esters is 1. The summed E-state index contributed by atoms with van der Waals surface area (Å²) in [6.45, 7) is 0. The van der Waals surface area contributed by atoms with Crippen LogP contribution in [-0.4, -0.2) is 16.9 Å². The molecule has 1 aromatic heterocycles. The van der Waals surface area contributed by atoms with Crippen molar-refractivity contribution in [2.24, 2.45) is 4.99 Å². The lowest BCUT2D eigenvalue weighted by Crippen LogP contribution is -2.07. The lowest BCUT2D eigenvalue weighted by Gasteiger charge is -1.97. The number of rotatable bonds is 2. The third-order valence-corrected chi connectivity index (χ3v) is 2.99. The molecule has 21 heavy (non-hydrogen) atoms. The predicted octanol–water partition coefficient (Wildman–Crippen LogP) is 3.22. The van der Waals surface area contributed by atoms with E-state index in [1.807, 2.05) is 0 Å². The Kier molecular flexibility index (Phi) is 3.50. The van der Waals surface area contributed by atoms with Crippen molar-refractivity contribution in [3.8, 4) is 0 Å². The molecule has 0 spiro atoms. The van der Waals surface area contributed by atoms with Crippen molar-refractivity contribution in [2.75, 3.05) is 0 Å². The fourth-order valence-corrected chi connectivity index (χ4v) is 1.94. The second-order valence-corrected chi connectivity index (χ2v) is 4.65. The van der Waals surface area contributed by atoms with Gasteiger partial charge in [-0.1, -0.05) is 29.8 Å². The maximum absolute atomic E-state index is 13.6. The van der Waals surface area contributed by atoms with E-state index in [1.54, 1.807) is 24.3 Å². The van der Waals surface area contributed by atoms with Gasteiger partial charge in [0.05, 0.1) is 0 Å². The molecular weight excluding hydrogens is 295 g/mol. The van der Waals surface area contributed by atoms with E-state index in [4.69, 9.17) is 16.3 Å². The number of aromatic nitrogens is 1. The van der Waals surface area contributed by atoms with Crippen LogP contribution < -0.4 is 0 Å². The Morgan fingerprint density at radius 3 is 2.81 bits per heavy atom. The Morgan fingerprint density at radius 1 is 1.24 bits per heavy atom. The van der Waals surface area contributed by atoms with Crippen molar-refractivity contribution in [1.29, 1.82) is 0 Å². The number of ether oxygens (including phenoxy) is 1. The average molecular weight is 303 g/mol. The molecule has 1 aliphatic heterocycles. The molecule has 0 fully saturated rings. The van der Waals surface area contributed by atoms with Crippen LogP contribution >= 0.6 is 11.6 Å². The number of carbonyl (C=O) groups excluding carboxylic acids is 1. The second kappa shape index (κ2) is 5.46. The van der Waals surface area contributed by atoms with Crippen LogP contribution in [0.4, 0.5) is 4.39 Å².